The van der Waals surface area contributed by atoms with E-state index in [0.717, 1.165) is 25.8 Å². The van der Waals surface area contributed by atoms with E-state index in [9.17, 15) is 5.48 Å². The molecule has 10 rings (SSSR count). The Hall–Kier alpha value is -6.85. The maximum atomic E-state index is 9.19. The summed E-state index contributed by atoms with van der Waals surface area (Å²) in [6.45, 7) is 0. The minimum absolute atomic E-state index is 0.137. The van der Waals surface area contributed by atoms with Crippen molar-refractivity contribution >= 4 is 43.6 Å². The van der Waals surface area contributed by atoms with Gasteiger partial charge in [0.05, 0.1) is 44.0 Å². The van der Waals surface area contributed by atoms with Crippen LogP contribution in [0, 0.1) is 0 Å². The van der Waals surface area contributed by atoms with Gasteiger partial charge in [-0.2, -0.15) is 15.0 Å². The summed E-state index contributed by atoms with van der Waals surface area (Å²) in [7, 11) is 0. The first-order valence-electron chi connectivity index (χ1n) is 23.5. The quantitative estimate of drug-likeness (QED) is 0.185. The Morgan fingerprint density at radius 1 is 0.360 bits per heavy atom. The molecule has 3 heterocycles. The maximum absolute atomic E-state index is 9.19. The van der Waals surface area contributed by atoms with Crippen molar-refractivity contribution in [1.29, 1.82) is 0 Å². The van der Waals surface area contributed by atoms with Gasteiger partial charge >= 0.3 is 0 Å². The average molecular weight is 656 g/mol. The highest BCUT2D eigenvalue weighted by molar-refractivity contribution is 6.10. The van der Waals surface area contributed by atoms with Gasteiger partial charge in [0.2, 0.25) is 11.9 Å². The lowest BCUT2D eigenvalue weighted by molar-refractivity contribution is 0.893. The second-order valence-electron chi connectivity index (χ2n) is 11.3. The zero-order chi connectivity index (χ0) is 46.9. The zero-order valence-electron chi connectivity index (χ0n) is 41.7. The van der Waals surface area contributed by atoms with Crippen LogP contribution >= 0.6 is 0 Å². The molecule has 0 aliphatic carbocycles. The molecule has 0 radical (unpaired) electrons. The second-order valence-corrected chi connectivity index (χ2v) is 11.3. The Balaban J connectivity index is 1.44. The molecule has 0 bridgehead atoms. The third-order valence-corrected chi connectivity index (χ3v) is 8.55. The minimum atomic E-state index is -0.696. The lowest BCUT2D eigenvalue weighted by Gasteiger charge is -2.16. The van der Waals surface area contributed by atoms with E-state index >= 15 is 0 Å². The van der Waals surface area contributed by atoms with Gasteiger partial charge in [-0.25, -0.2) is 0 Å². The van der Waals surface area contributed by atoms with E-state index in [2.05, 4.69) is 0 Å². The number of para-hydroxylation sites is 4. The van der Waals surface area contributed by atoms with E-state index in [1.165, 1.54) is 0 Å². The van der Waals surface area contributed by atoms with Crippen LogP contribution in [-0.2, 0) is 0 Å². The number of rotatable bonds is 5. The molecule has 0 aliphatic rings. The second kappa shape index (κ2) is 11.4. The molecule has 10 aromatic rings. The van der Waals surface area contributed by atoms with Crippen molar-refractivity contribution in [3.8, 4) is 45.5 Å². The molecule has 0 atom stereocenters. The summed E-state index contributed by atoms with van der Waals surface area (Å²) in [6, 6.07) is 13.7. The molecule has 0 spiro atoms. The first kappa shape index (κ1) is 16.5. The van der Waals surface area contributed by atoms with Gasteiger partial charge in [0.1, 0.15) is 0 Å². The van der Waals surface area contributed by atoms with Crippen LogP contribution in [0.1, 0.15) is 21.9 Å². The molecule has 0 aliphatic heterocycles. The average Bonchev–Trinajstić information content (AvgIpc) is 3.89. The van der Waals surface area contributed by atoms with Gasteiger partial charge in [0, 0.05) is 27.1 Å². The molecular formula is C45H29N5. The lowest BCUT2D eigenvalue weighted by Crippen LogP contribution is -2.10. The summed E-state index contributed by atoms with van der Waals surface area (Å²) >= 11 is 0. The highest BCUT2D eigenvalue weighted by Crippen LogP contribution is 2.39. The van der Waals surface area contributed by atoms with Gasteiger partial charge in [-0.05, 0) is 46.4 Å². The summed E-state index contributed by atoms with van der Waals surface area (Å²) in [5.74, 6) is -1.07. The lowest BCUT2D eigenvalue weighted by atomic mass is 9.91. The van der Waals surface area contributed by atoms with Gasteiger partial charge < -0.3 is 0 Å². The first-order valence-corrected chi connectivity index (χ1v) is 15.5. The number of benzene rings is 7. The molecule has 234 valence electrons. The van der Waals surface area contributed by atoms with Gasteiger partial charge in [-0.1, -0.05) is 151 Å². The zero-order valence-corrected chi connectivity index (χ0v) is 25.7. The van der Waals surface area contributed by atoms with E-state index in [4.69, 9.17) is 31.4 Å². The van der Waals surface area contributed by atoms with Crippen molar-refractivity contribution in [3.63, 3.8) is 0 Å². The SMILES string of the molecule is [2H]c1c([2H])c([2H])c2c(c1[2H])c1c([2H])c([2H])c([2H])c([2H])c1n2-c1nc(-c2ccccc2-c2ccccc2-c2ccccc2)nc(-n2c3c([2H])c([2H])c([2H])c([2H])c3c3c([2H])c([2H])c([2H])c([2H])c32)n1. The van der Waals surface area contributed by atoms with Crippen LogP contribution in [-0.4, -0.2) is 24.1 Å². The molecule has 0 N–H and O–H groups in total. The van der Waals surface area contributed by atoms with E-state index in [0.29, 0.717) is 11.1 Å². The van der Waals surface area contributed by atoms with Gasteiger partial charge in [0.25, 0.3) is 0 Å². The van der Waals surface area contributed by atoms with Crippen LogP contribution in [0.4, 0.5) is 0 Å². The van der Waals surface area contributed by atoms with Gasteiger partial charge in [-0.3, -0.25) is 9.13 Å². The fraction of sp³-hybridized carbons (Fsp3) is 0. The van der Waals surface area contributed by atoms with Crippen molar-refractivity contribution < 1.29 is 21.9 Å². The monoisotopic (exact) mass is 655 g/mol. The van der Waals surface area contributed by atoms with Crippen LogP contribution in [0.15, 0.2) is 176 Å². The predicted molar refractivity (Wildman–Crippen MR) is 205 cm³/mol. The summed E-state index contributed by atoms with van der Waals surface area (Å²) in [5.41, 5.74) is 2.07. The van der Waals surface area contributed by atoms with Crippen molar-refractivity contribution in [3.05, 3.63) is 176 Å². The summed E-state index contributed by atoms with van der Waals surface area (Å²) in [5, 5.41) is -1.04. The normalized spacial score (nSPS) is 16.1. The molecule has 5 heteroatoms. The molecular weight excluding hydrogens is 611 g/mol. The number of fused-ring (bicyclic) bond motifs is 6. The van der Waals surface area contributed by atoms with Crippen LogP contribution in [0.3, 0.4) is 0 Å². The first-order chi connectivity index (χ1) is 31.5. The molecule has 0 saturated heterocycles. The summed E-state index contributed by atoms with van der Waals surface area (Å²) in [6.07, 6.45) is 0. The summed E-state index contributed by atoms with van der Waals surface area (Å²) < 4.78 is 144. The van der Waals surface area contributed by atoms with Gasteiger partial charge in [-0.15, -0.1) is 0 Å². The number of aromatic nitrogens is 5. The highest BCUT2D eigenvalue weighted by Gasteiger charge is 2.22. The van der Waals surface area contributed by atoms with E-state index in [-0.39, 0.29) is 49.4 Å². The molecule has 50 heavy (non-hydrogen) atoms. The molecule has 0 fully saturated rings. The molecule has 3 aromatic heterocycles. The molecule has 0 saturated carbocycles. The fourth-order valence-corrected chi connectivity index (χ4v) is 6.42. The van der Waals surface area contributed by atoms with Crippen molar-refractivity contribution in [1.82, 2.24) is 24.1 Å². The standard InChI is InChI=1S/C45H29N5/c1-2-16-30(17-3-1)31-18-4-5-19-32(31)33-20-6-7-25-38(33)43-46-44(49-39-26-12-8-21-34(39)35-22-9-13-27-40(35)49)48-45(47-43)50-41-28-14-10-23-36(41)37-24-11-15-29-42(37)50/h1-29H/i8D,9D,10D,11D,12D,13D,14D,15D,21D,22D,23D,24D,26D,27D,28D,29D. The van der Waals surface area contributed by atoms with Gasteiger partial charge in [0.15, 0.2) is 5.82 Å². The third kappa shape index (κ3) is 4.37. The summed E-state index contributed by atoms with van der Waals surface area (Å²) in [4.78, 5) is 14.6. The molecule has 5 nitrogen and oxygen atoms in total. The largest absolute Gasteiger partial charge is 0.278 e. The molecule has 0 unspecified atom stereocenters. The Morgan fingerprint density at radius 2 is 0.720 bits per heavy atom. The van der Waals surface area contributed by atoms with Crippen LogP contribution < -0.4 is 0 Å². The molecule has 0 amide bonds. The minimum Gasteiger partial charge on any atom is -0.278 e. The number of hydrogen-bond acceptors (Lipinski definition) is 3. The van der Waals surface area contributed by atoms with E-state index < -0.39 is 109 Å². The van der Waals surface area contributed by atoms with E-state index in [1.54, 1.807) is 18.2 Å². The third-order valence-electron chi connectivity index (χ3n) is 8.55. The van der Waals surface area contributed by atoms with Crippen molar-refractivity contribution in [2.24, 2.45) is 0 Å². The van der Waals surface area contributed by atoms with Crippen LogP contribution in [0.25, 0.3) is 89.2 Å². The Labute approximate surface area is 310 Å². The van der Waals surface area contributed by atoms with Crippen LogP contribution in [0.2, 0.25) is 0 Å². The van der Waals surface area contributed by atoms with Crippen LogP contribution in [0.5, 0.6) is 0 Å². The Kier molecular flexibility index (Phi) is 3.76. The number of nitrogens with zero attached hydrogens (tertiary/aromatic N) is 5. The Bertz CT molecular complexity index is 3460. The smallest absolute Gasteiger partial charge is 0.240 e. The van der Waals surface area contributed by atoms with Crippen molar-refractivity contribution in [2.45, 2.75) is 0 Å². The van der Waals surface area contributed by atoms with E-state index in [1.807, 2.05) is 60.7 Å². The maximum Gasteiger partial charge on any atom is 0.240 e. The highest BCUT2D eigenvalue weighted by atomic mass is 15.3. The van der Waals surface area contributed by atoms with Crippen molar-refractivity contribution in [2.75, 3.05) is 0 Å². The predicted octanol–water partition coefficient (Wildman–Crippen LogP) is 11.1. The molecule has 7 aromatic carbocycles. The number of hydrogen-bond donors (Lipinski definition) is 0. The topological polar surface area (TPSA) is 48.5 Å². The fourth-order valence-electron chi connectivity index (χ4n) is 6.42. The Morgan fingerprint density at radius 3 is 1.18 bits per heavy atom.